The fourth-order valence-corrected chi connectivity index (χ4v) is 2.97. The number of methoxy groups -OCH3 is 2. The first-order valence-corrected chi connectivity index (χ1v) is 9.46. The summed E-state index contributed by atoms with van der Waals surface area (Å²) in [4.78, 5) is 18.2. The van der Waals surface area contributed by atoms with Crippen LogP contribution in [0.15, 0.2) is 47.5 Å². The summed E-state index contributed by atoms with van der Waals surface area (Å²) >= 11 is 0. The van der Waals surface area contributed by atoms with E-state index in [4.69, 9.17) is 9.47 Å². The summed E-state index contributed by atoms with van der Waals surface area (Å²) < 4.78 is 10.7. The topological polar surface area (TPSA) is 75.2 Å². The third-order valence-corrected chi connectivity index (χ3v) is 4.62. The van der Waals surface area contributed by atoms with Crippen molar-refractivity contribution in [1.29, 1.82) is 0 Å². The number of aliphatic imine (C=N–C) groups is 1. The minimum Gasteiger partial charge on any atom is -0.493 e. The van der Waals surface area contributed by atoms with Gasteiger partial charge in [0.25, 0.3) is 5.91 Å². The molecule has 164 valence electrons. The van der Waals surface area contributed by atoms with Crippen LogP contribution in [-0.2, 0) is 13.0 Å². The zero-order valence-corrected chi connectivity index (χ0v) is 20.5. The van der Waals surface area contributed by atoms with Gasteiger partial charge in [0.2, 0.25) is 0 Å². The molecule has 0 aromatic heterocycles. The average Bonchev–Trinajstić information content (AvgIpc) is 2.77. The zero-order valence-electron chi connectivity index (χ0n) is 18.2. The molecule has 0 atom stereocenters. The standard InChI is InChI=1S/C22H30N4O3.HI/c1-23-21(27)18-8-6-7-17(13-18)15-25-22(24-2)26(3)12-11-16-9-10-19(28-4)20(14-16)29-5;/h6-10,13-14H,11-12,15H2,1-5H3,(H,23,27)(H,24,25);1H. The van der Waals surface area contributed by atoms with Gasteiger partial charge in [-0.3, -0.25) is 9.79 Å². The highest BCUT2D eigenvalue weighted by molar-refractivity contribution is 14.0. The summed E-state index contributed by atoms with van der Waals surface area (Å²) in [6.45, 7) is 1.37. The van der Waals surface area contributed by atoms with E-state index in [0.29, 0.717) is 12.1 Å². The van der Waals surface area contributed by atoms with Gasteiger partial charge in [0.05, 0.1) is 14.2 Å². The van der Waals surface area contributed by atoms with Gasteiger partial charge in [-0.25, -0.2) is 0 Å². The number of nitrogens with one attached hydrogen (secondary N) is 2. The van der Waals surface area contributed by atoms with Gasteiger partial charge in [0.1, 0.15) is 0 Å². The Morgan fingerprint density at radius 1 is 1.07 bits per heavy atom. The number of nitrogens with zero attached hydrogens (tertiary/aromatic N) is 2. The summed E-state index contributed by atoms with van der Waals surface area (Å²) in [5.74, 6) is 2.14. The monoisotopic (exact) mass is 526 g/mol. The lowest BCUT2D eigenvalue weighted by atomic mass is 10.1. The second-order valence-electron chi connectivity index (χ2n) is 6.54. The summed E-state index contributed by atoms with van der Waals surface area (Å²) in [6, 6.07) is 13.5. The number of halogens is 1. The van der Waals surface area contributed by atoms with Crippen molar-refractivity contribution in [2.75, 3.05) is 41.9 Å². The predicted octanol–water partition coefficient (Wildman–Crippen LogP) is 2.93. The minimum absolute atomic E-state index is 0. The number of hydrogen-bond donors (Lipinski definition) is 2. The van der Waals surface area contributed by atoms with E-state index in [9.17, 15) is 4.79 Å². The molecule has 0 saturated carbocycles. The van der Waals surface area contributed by atoms with Gasteiger partial charge < -0.3 is 25.0 Å². The van der Waals surface area contributed by atoms with Crippen molar-refractivity contribution < 1.29 is 14.3 Å². The molecular weight excluding hydrogens is 495 g/mol. The van der Waals surface area contributed by atoms with Gasteiger partial charge in [-0.05, 0) is 41.8 Å². The quantitative estimate of drug-likeness (QED) is 0.315. The molecule has 2 aromatic rings. The Morgan fingerprint density at radius 3 is 2.43 bits per heavy atom. The van der Waals surface area contributed by atoms with Crippen LogP contribution >= 0.6 is 24.0 Å². The largest absolute Gasteiger partial charge is 0.493 e. The summed E-state index contributed by atoms with van der Waals surface area (Å²) in [6.07, 6.45) is 0.837. The average molecular weight is 526 g/mol. The fraction of sp³-hybridized carbons (Fsp3) is 0.364. The van der Waals surface area contributed by atoms with E-state index in [0.717, 1.165) is 41.6 Å². The van der Waals surface area contributed by atoms with Crippen LogP contribution in [0.5, 0.6) is 11.5 Å². The molecule has 0 spiro atoms. The van der Waals surface area contributed by atoms with Gasteiger partial charge in [-0.15, -0.1) is 24.0 Å². The van der Waals surface area contributed by atoms with E-state index in [-0.39, 0.29) is 29.9 Å². The highest BCUT2D eigenvalue weighted by Crippen LogP contribution is 2.27. The number of likely N-dealkylation sites (N-methyl/N-ethyl adjacent to an activating group) is 1. The number of carbonyl (C=O) groups is 1. The third kappa shape index (κ3) is 7.08. The maximum Gasteiger partial charge on any atom is 0.251 e. The Labute approximate surface area is 195 Å². The third-order valence-electron chi connectivity index (χ3n) is 4.62. The number of carbonyl (C=O) groups excluding carboxylic acids is 1. The van der Waals surface area contributed by atoms with Gasteiger partial charge in [0.15, 0.2) is 17.5 Å². The molecule has 2 aromatic carbocycles. The smallest absolute Gasteiger partial charge is 0.251 e. The van der Waals surface area contributed by atoms with Crippen molar-refractivity contribution in [3.63, 3.8) is 0 Å². The molecule has 0 radical (unpaired) electrons. The highest BCUT2D eigenvalue weighted by Gasteiger charge is 2.09. The second-order valence-corrected chi connectivity index (χ2v) is 6.54. The lowest BCUT2D eigenvalue weighted by Crippen LogP contribution is -2.39. The van der Waals surface area contributed by atoms with E-state index in [1.165, 1.54) is 0 Å². The van der Waals surface area contributed by atoms with Crippen molar-refractivity contribution in [2.45, 2.75) is 13.0 Å². The predicted molar refractivity (Wildman–Crippen MR) is 131 cm³/mol. The Kier molecular flexibility index (Phi) is 11.0. The molecule has 8 heteroatoms. The van der Waals surface area contributed by atoms with Crippen molar-refractivity contribution in [3.8, 4) is 11.5 Å². The van der Waals surface area contributed by atoms with E-state index >= 15 is 0 Å². The Bertz CT molecular complexity index is 858. The Balaban J connectivity index is 0.00000450. The van der Waals surface area contributed by atoms with Crippen molar-refractivity contribution in [2.24, 2.45) is 4.99 Å². The molecule has 0 saturated heterocycles. The molecule has 0 unspecified atom stereocenters. The van der Waals surface area contributed by atoms with E-state index in [2.05, 4.69) is 20.5 Å². The van der Waals surface area contributed by atoms with Crippen LogP contribution in [0.3, 0.4) is 0 Å². The Hall–Kier alpha value is -2.49. The number of hydrogen-bond acceptors (Lipinski definition) is 4. The summed E-state index contributed by atoms with van der Waals surface area (Å²) in [7, 11) is 8.65. The molecule has 2 rings (SSSR count). The molecule has 0 aliphatic rings. The lowest BCUT2D eigenvalue weighted by molar-refractivity contribution is 0.0963. The van der Waals surface area contributed by atoms with Crippen LogP contribution in [0.1, 0.15) is 21.5 Å². The molecule has 0 aliphatic heterocycles. The molecule has 0 fully saturated rings. The maximum absolute atomic E-state index is 11.8. The summed E-state index contributed by atoms with van der Waals surface area (Å²) in [5, 5.41) is 5.99. The van der Waals surface area contributed by atoms with Gasteiger partial charge in [-0.1, -0.05) is 18.2 Å². The van der Waals surface area contributed by atoms with Crippen LogP contribution < -0.4 is 20.1 Å². The second kappa shape index (κ2) is 12.9. The van der Waals surface area contributed by atoms with Crippen molar-refractivity contribution in [1.82, 2.24) is 15.5 Å². The number of amides is 1. The van der Waals surface area contributed by atoms with E-state index < -0.39 is 0 Å². The summed E-state index contributed by atoms with van der Waals surface area (Å²) in [5.41, 5.74) is 2.81. The number of guanidine groups is 1. The highest BCUT2D eigenvalue weighted by atomic mass is 127. The van der Waals surface area contributed by atoms with Crippen molar-refractivity contribution in [3.05, 3.63) is 59.2 Å². The minimum atomic E-state index is -0.0942. The first-order valence-electron chi connectivity index (χ1n) is 9.46. The number of rotatable bonds is 8. The molecular formula is C22H31IN4O3. The number of benzene rings is 2. The molecule has 30 heavy (non-hydrogen) atoms. The molecule has 0 heterocycles. The number of ether oxygens (including phenoxy) is 2. The normalized spacial score (nSPS) is 10.6. The molecule has 0 bridgehead atoms. The van der Waals surface area contributed by atoms with Crippen LogP contribution in [0.25, 0.3) is 0 Å². The van der Waals surface area contributed by atoms with E-state index in [1.807, 2.05) is 43.4 Å². The van der Waals surface area contributed by atoms with Gasteiger partial charge >= 0.3 is 0 Å². The molecule has 0 aliphatic carbocycles. The zero-order chi connectivity index (χ0) is 21.2. The van der Waals surface area contributed by atoms with Crippen LogP contribution in [0.2, 0.25) is 0 Å². The van der Waals surface area contributed by atoms with Crippen LogP contribution in [0.4, 0.5) is 0 Å². The fourth-order valence-electron chi connectivity index (χ4n) is 2.97. The molecule has 2 N–H and O–H groups in total. The Morgan fingerprint density at radius 2 is 1.80 bits per heavy atom. The van der Waals surface area contributed by atoms with E-state index in [1.54, 1.807) is 34.4 Å². The van der Waals surface area contributed by atoms with Crippen LogP contribution in [0, 0.1) is 0 Å². The van der Waals surface area contributed by atoms with Crippen LogP contribution in [-0.4, -0.2) is 58.7 Å². The lowest BCUT2D eigenvalue weighted by Gasteiger charge is -2.22. The molecule has 7 nitrogen and oxygen atoms in total. The molecule has 1 amide bonds. The first kappa shape index (κ1) is 25.5. The SMILES string of the molecule is CN=C(NCc1cccc(C(=O)NC)c1)N(C)CCc1ccc(OC)c(OC)c1.I. The van der Waals surface area contributed by atoms with Gasteiger partial charge in [0, 0.05) is 39.8 Å². The first-order chi connectivity index (χ1) is 14.0. The van der Waals surface area contributed by atoms with Gasteiger partial charge in [-0.2, -0.15) is 0 Å². The maximum atomic E-state index is 11.8. The van der Waals surface area contributed by atoms with Crippen molar-refractivity contribution >= 4 is 35.8 Å².